The summed E-state index contributed by atoms with van der Waals surface area (Å²) in [6, 6.07) is 14.3. The Morgan fingerprint density at radius 3 is 2.79 bits per heavy atom. The van der Waals surface area contributed by atoms with Crippen LogP contribution in [0.4, 0.5) is 10.3 Å². The number of H-pyrrole nitrogens is 1. The van der Waals surface area contributed by atoms with Crippen molar-refractivity contribution in [3.8, 4) is 0 Å². The molecule has 0 radical (unpaired) electrons. The molecule has 2 aromatic carbocycles. The van der Waals surface area contributed by atoms with Crippen molar-refractivity contribution in [2.45, 2.75) is 19.3 Å². The van der Waals surface area contributed by atoms with Gasteiger partial charge in [-0.25, -0.2) is 4.39 Å². The summed E-state index contributed by atoms with van der Waals surface area (Å²) in [7, 11) is 2.00. The third-order valence-electron chi connectivity index (χ3n) is 4.67. The van der Waals surface area contributed by atoms with Crippen LogP contribution < -0.4 is 5.32 Å². The lowest BCUT2D eigenvalue weighted by atomic mass is 10.1. The van der Waals surface area contributed by atoms with E-state index < -0.39 is 0 Å². The predicted molar refractivity (Wildman–Crippen MR) is 105 cm³/mol. The molecule has 2 heterocycles. The highest BCUT2D eigenvalue weighted by Crippen LogP contribution is 2.21. The Morgan fingerprint density at radius 1 is 1.18 bits per heavy atom. The number of amides is 1. The number of fused-ring (bicyclic) bond motifs is 1. The van der Waals surface area contributed by atoms with Gasteiger partial charge in [0.1, 0.15) is 11.6 Å². The first-order chi connectivity index (χ1) is 13.6. The minimum atomic E-state index is -0.277. The molecular formula is C21H20FN5O. The quantitative estimate of drug-likeness (QED) is 0.539. The highest BCUT2D eigenvalue weighted by Gasteiger charge is 2.11. The molecule has 1 amide bonds. The average molecular weight is 377 g/mol. The topological polar surface area (TPSA) is 75.6 Å². The van der Waals surface area contributed by atoms with E-state index in [1.165, 1.54) is 12.1 Å². The number of aryl methyl sites for hydroxylation is 2. The molecule has 2 aromatic heterocycles. The monoisotopic (exact) mass is 377 g/mol. The van der Waals surface area contributed by atoms with Gasteiger partial charge in [0.2, 0.25) is 11.9 Å². The number of anilines is 1. The van der Waals surface area contributed by atoms with Gasteiger partial charge in [-0.05, 0) is 35.7 Å². The SMILES string of the molecule is Cn1cc(CCC(=O)Nc2n[nH]c(Cc3ccc(F)cc3)n2)c2ccccc21. The fraction of sp³-hybridized carbons (Fsp3) is 0.190. The lowest BCUT2D eigenvalue weighted by Gasteiger charge is -2.01. The Balaban J connectivity index is 1.35. The molecule has 0 aliphatic carbocycles. The lowest BCUT2D eigenvalue weighted by Crippen LogP contribution is -2.13. The molecule has 0 fully saturated rings. The van der Waals surface area contributed by atoms with E-state index in [2.05, 4.69) is 43.4 Å². The van der Waals surface area contributed by atoms with E-state index in [1.807, 2.05) is 19.2 Å². The van der Waals surface area contributed by atoms with Crippen LogP contribution in [0.5, 0.6) is 0 Å². The van der Waals surface area contributed by atoms with E-state index in [1.54, 1.807) is 12.1 Å². The molecule has 28 heavy (non-hydrogen) atoms. The van der Waals surface area contributed by atoms with E-state index in [9.17, 15) is 9.18 Å². The largest absolute Gasteiger partial charge is 0.350 e. The van der Waals surface area contributed by atoms with E-state index in [4.69, 9.17) is 0 Å². The number of halogens is 1. The van der Waals surface area contributed by atoms with Crippen molar-refractivity contribution in [2.24, 2.45) is 7.05 Å². The minimum Gasteiger partial charge on any atom is -0.350 e. The van der Waals surface area contributed by atoms with E-state index in [-0.39, 0.29) is 17.7 Å². The summed E-state index contributed by atoms with van der Waals surface area (Å²) in [4.78, 5) is 16.6. The van der Waals surface area contributed by atoms with Crippen LogP contribution in [0, 0.1) is 5.82 Å². The predicted octanol–water partition coefficient (Wildman–Crippen LogP) is 3.60. The Kier molecular flexibility index (Phi) is 4.89. The number of nitrogens with one attached hydrogen (secondary N) is 2. The molecule has 2 N–H and O–H groups in total. The zero-order valence-electron chi connectivity index (χ0n) is 15.4. The highest BCUT2D eigenvalue weighted by molar-refractivity contribution is 5.90. The summed E-state index contributed by atoms with van der Waals surface area (Å²) in [6.07, 6.45) is 3.53. The maximum Gasteiger partial charge on any atom is 0.248 e. The summed E-state index contributed by atoms with van der Waals surface area (Å²) in [5.41, 5.74) is 3.20. The van der Waals surface area contributed by atoms with Crippen molar-refractivity contribution in [1.29, 1.82) is 0 Å². The standard InChI is InChI=1S/C21H20FN5O/c1-27-13-15(17-4-2-3-5-18(17)27)8-11-20(28)24-21-23-19(25-26-21)12-14-6-9-16(22)10-7-14/h2-7,9-10,13H,8,11-12H2,1H3,(H2,23,24,25,26,28). The third kappa shape index (κ3) is 3.93. The molecule has 0 spiro atoms. The average Bonchev–Trinajstić information content (AvgIpc) is 3.26. The first-order valence-electron chi connectivity index (χ1n) is 9.07. The van der Waals surface area contributed by atoms with Gasteiger partial charge in [0, 0.05) is 37.0 Å². The number of aromatic amines is 1. The number of benzene rings is 2. The Morgan fingerprint density at radius 2 is 1.96 bits per heavy atom. The Bertz CT molecular complexity index is 1110. The van der Waals surface area contributed by atoms with Crippen LogP contribution in [0.1, 0.15) is 23.4 Å². The molecule has 4 rings (SSSR count). The molecule has 142 valence electrons. The fourth-order valence-electron chi connectivity index (χ4n) is 3.29. The minimum absolute atomic E-state index is 0.139. The second kappa shape index (κ2) is 7.64. The van der Waals surface area contributed by atoms with Crippen molar-refractivity contribution in [1.82, 2.24) is 19.7 Å². The van der Waals surface area contributed by atoms with Gasteiger partial charge in [-0.3, -0.25) is 15.2 Å². The van der Waals surface area contributed by atoms with Gasteiger partial charge in [0.25, 0.3) is 0 Å². The van der Waals surface area contributed by atoms with Crippen molar-refractivity contribution in [2.75, 3.05) is 5.32 Å². The first kappa shape index (κ1) is 17.9. The Hall–Kier alpha value is -3.48. The summed E-state index contributed by atoms with van der Waals surface area (Å²) < 4.78 is 15.0. The van der Waals surface area contributed by atoms with Gasteiger partial charge in [-0.2, -0.15) is 4.98 Å². The number of carbonyl (C=O) groups excluding carboxylic acids is 1. The molecule has 4 aromatic rings. The van der Waals surface area contributed by atoms with Crippen molar-refractivity contribution in [3.63, 3.8) is 0 Å². The molecule has 6 nitrogen and oxygen atoms in total. The molecule has 0 atom stereocenters. The highest BCUT2D eigenvalue weighted by atomic mass is 19.1. The summed E-state index contributed by atoms with van der Waals surface area (Å²) in [6.45, 7) is 0. The van der Waals surface area contributed by atoms with Crippen molar-refractivity contribution >= 4 is 22.8 Å². The van der Waals surface area contributed by atoms with Crippen LogP contribution in [0.15, 0.2) is 54.7 Å². The van der Waals surface area contributed by atoms with Crippen LogP contribution in [0.2, 0.25) is 0 Å². The first-order valence-corrected chi connectivity index (χ1v) is 9.07. The number of para-hydroxylation sites is 1. The van der Waals surface area contributed by atoms with Gasteiger partial charge in [-0.1, -0.05) is 30.3 Å². The van der Waals surface area contributed by atoms with E-state index in [0.29, 0.717) is 25.1 Å². The number of nitrogens with zero attached hydrogens (tertiary/aromatic N) is 3. The van der Waals surface area contributed by atoms with Crippen LogP contribution >= 0.6 is 0 Å². The lowest BCUT2D eigenvalue weighted by molar-refractivity contribution is -0.116. The molecule has 7 heteroatoms. The summed E-state index contributed by atoms with van der Waals surface area (Å²) in [5, 5.41) is 10.7. The molecule has 0 unspecified atom stereocenters. The maximum absolute atomic E-state index is 13.0. The number of carbonyl (C=O) groups is 1. The second-order valence-corrected chi connectivity index (χ2v) is 6.74. The van der Waals surface area contributed by atoms with Crippen LogP contribution in [0.3, 0.4) is 0 Å². The summed E-state index contributed by atoms with van der Waals surface area (Å²) in [5.74, 6) is 0.441. The fourth-order valence-corrected chi connectivity index (χ4v) is 3.29. The smallest absolute Gasteiger partial charge is 0.248 e. The van der Waals surface area contributed by atoms with Gasteiger partial charge >= 0.3 is 0 Å². The number of aromatic nitrogens is 4. The van der Waals surface area contributed by atoms with E-state index in [0.717, 1.165) is 22.0 Å². The zero-order valence-corrected chi connectivity index (χ0v) is 15.4. The van der Waals surface area contributed by atoms with Crippen LogP contribution in [-0.4, -0.2) is 25.7 Å². The molecule has 0 bridgehead atoms. The summed E-state index contributed by atoms with van der Waals surface area (Å²) >= 11 is 0. The number of rotatable bonds is 6. The van der Waals surface area contributed by atoms with Gasteiger partial charge < -0.3 is 4.57 Å². The van der Waals surface area contributed by atoms with Gasteiger partial charge in [0.15, 0.2) is 0 Å². The Labute approximate surface area is 161 Å². The van der Waals surface area contributed by atoms with Crippen molar-refractivity contribution < 1.29 is 9.18 Å². The molecule has 0 aliphatic heterocycles. The number of hydrogen-bond donors (Lipinski definition) is 2. The number of hydrogen-bond acceptors (Lipinski definition) is 3. The molecule has 0 aliphatic rings. The van der Waals surface area contributed by atoms with E-state index >= 15 is 0 Å². The third-order valence-corrected chi connectivity index (χ3v) is 4.67. The molecule has 0 saturated carbocycles. The molecular weight excluding hydrogens is 357 g/mol. The van der Waals surface area contributed by atoms with Crippen molar-refractivity contribution in [3.05, 3.63) is 77.5 Å². The van der Waals surface area contributed by atoms with Crippen LogP contribution in [-0.2, 0) is 24.7 Å². The zero-order chi connectivity index (χ0) is 19.5. The van der Waals surface area contributed by atoms with Crippen LogP contribution in [0.25, 0.3) is 10.9 Å². The van der Waals surface area contributed by atoms with Gasteiger partial charge in [-0.15, -0.1) is 5.10 Å². The molecule has 0 saturated heterocycles. The second-order valence-electron chi connectivity index (χ2n) is 6.74. The van der Waals surface area contributed by atoms with Gasteiger partial charge in [0.05, 0.1) is 0 Å². The normalized spacial score (nSPS) is 11.1. The maximum atomic E-state index is 13.0.